The molecule has 2 saturated carbocycles. The van der Waals surface area contributed by atoms with Crippen molar-refractivity contribution < 1.29 is 9.53 Å². The summed E-state index contributed by atoms with van der Waals surface area (Å²) in [6.45, 7) is 5.30. The van der Waals surface area contributed by atoms with Crippen molar-refractivity contribution in [1.29, 1.82) is 0 Å². The molecule has 1 aliphatic heterocycles. The lowest BCUT2D eigenvalue weighted by Gasteiger charge is -2.43. The summed E-state index contributed by atoms with van der Waals surface area (Å²) in [7, 11) is 0. The molecule has 1 heterocycles. The highest BCUT2D eigenvalue weighted by Gasteiger charge is 2.40. The van der Waals surface area contributed by atoms with Crippen LogP contribution < -0.4 is 11.1 Å². The van der Waals surface area contributed by atoms with Gasteiger partial charge in [-0.15, -0.1) is 0 Å². The zero-order chi connectivity index (χ0) is 14.7. The highest BCUT2D eigenvalue weighted by Crippen LogP contribution is 2.41. The first kappa shape index (κ1) is 15.3. The molecule has 0 aromatic heterocycles. The predicted octanol–water partition coefficient (Wildman–Crippen LogP) is 0.588. The summed E-state index contributed by atoms with van der Waals surface area (Å²) in [5, 5.41) is 3.14. The van der Waals surface area contributed by atoms with Crippen LogP contribution in [0.1, 0.15) is 32.1 Å². The summed E-state index contributed by atoms with van der Waals surface area (Å²) >= 11 is 0. The van der Waals surface area contributed by atoms with Gasteiger partial charge in [-0.05, 0) is 37.5 Å². The van der Waals surface area contributed by atoms with E-state index in [1.165, 1.54) is 19.3 Å². The van der Waals surface area contributed by atoms with E-state index in [2.05, 4.69) is 10.2 Å². The fraction of sp³-hybridized carbons (Fsp3) is 0.938. The molecule has 0 aromatic carbocycles. The van der Waals surface area contributed by atoms with Gasteiger partial charge in [-0.25, -0.2) is 0 Å². The largest absolute Gasteiger partial charge is 0.379 e. The summed E-state index contributed by atoms with van der Waals surface area (Å²) in [5.74, 6) is 1.61. The maximum absolute atomic E-state index is 12.4. The van der Waals surface area contributed by atoms with E-state index in [0.717, 1.165) is 52.2 Å². The fourth-order valence-corrected chi connectivity index (χ4v) is 4.31. The third-order valence-electron chi connectivity index (χ3n) is 5.61. The van der Waals surface area contributed by atoms with E-state index in [-0.39, 0.29) is 11.8 Å². The Morgan fingerprint density at radius 3 is 2.52 bits per heavy atom. The molecule has 2 bridgehead atoms. The first-order valence-electron chi connectivity index (χ1n) is 8.57. The Hall–Kier alpha value is -0.650. The number of nitrogens with two attached hydrogens (primary N) is 1. The van der Waals surface area contributed by atoms with Crippen LogP contribution in [0.15, 0.2) is 0 Å². The van der Waals surface area contributed by atoms with Crippen molar-refractivity contribution in [3.63, 3.8) is 0 Å². The number of ether oxygens (including phenoxy) is 1. The summed E-state index contributed by atoms with van der Waals surface area (Å²) in [5.41, 5.74) is 6.29. The standard InChI is InChI=1S/C16H29N3O2/c17-15-12-2-1-3-13(15)11-14(10-12)16(20)18-4-5-19-6-8-21-9-7-19/h12-15H,1-11,17H2,(H,18,20). The van der Waals surface area contributed by atoms with Crippen LogP contribution in [0.5, 0.6) is 0 Å². The second-order valence-electron chi connectivity index (χ2n) is 6.94. The number of amides is 1. The van der Waals surface area contributed by atoms with Crippen LogP contribution in [-0.4, -0.2) is 56.2 Å². The minimum atomic E-state index is 0.199. The molecule has 1 amide bonds. The molecule has 3 aliphatic rings. The summed E-state index contributed by atoms with van der Waals surface area (Å²) in [6, 6.07) is 0.344. The molecule has 21 heavy (non-hydrogen) atoms. The molecule has 0 radical (unpaired) electrons. The quantitative estimate of drug-likeness (QED) is 0.796. The van der Waals surface area contributed by atoms with Gasteiger partial charge in [0.2, 0.25) is 5.91 Å². The predicted molar refractivity (Wildman–Crippen MR) is 81.8 cm³/mol. The van der Waals surface area contributed by atoms with Crippen molar-refractivity contribution in [2.75, 3.05) is 39.4 Å². The van der Waals surface area contributed by atoms with Crippen molar-refractivity contribution in [3.8, 4) is 0 Å². The summed E-state index contributed by atoms with van der Waals surface area (Å²) in [4.78, 5) is 14.7. The number of nitrogens with zero attached hydrogens (tertiary/aromatic N) is 1. The van der Waals surface area contributed by atoms with E-state index in [0.29, 0.717) is 17.9 Å². The Bertz CT molecular complexity index is 343. The highest BCUT2D eigenvalue weighted by atomic mass is 16.5. The lowest BCUT2D eigenvalue weighted by atomic mass is 9.65. The van der Waals surface area contributed by atoms with E-state index in [4.69, 9.17) is 10.5 Å². The molecule has 120 valence electrons. The Labute approximate surface area is 127 Å². The second-order valence-corrected chi connectivity index (χ2v) is 6.94. The van der Waals surface area contributed by atoms with Gasteiger partial charge in [0.05, 0.1) is 13.2 Å². The van der Waals surface area contributed by atoms with Gasteiger partial charge in [0.1, 0.15) is 0 Å². The number of carbonyl (C=O) groups excluding carboxylic acids is 1. The van der Waals surface area contributed by atoms with Gasteiger partial charge in [-0.2, -0.15) is 0 Å². The molecular formula is C16H29N3O2. The van der Waals surface area contributed by atoms with Gasteiger partial charge < -0.3 is 15.8 Å². The number of nitrogens with one attached hydrogen (secondary N) is 1. The normalized spacial score (nSPS) is 37.2. The smallest absolute Gasteiger partial charge is 0.223 e. The lowest BCUT2D eigenvalue weighted by Crippen LogP contribution is -2.49. The number of hydrogen-bond acceptors (Lipinski definition) is 4. The van der Waals surface area contributed by atoms with Crippen molar-refractivity contribution in [2.24, 2.45) is 23.5 Å². The van der Waals surface area contributed by atoms with Crippen LogP contribution in [0.3, 0.4) is 0 Å². The van der Waals surface area contributed by atoms with Gasteiger partial charge in [-0.3, -0.25) is 9.69 Å². The van der Waals surface area contributed by atoms with E-state index in [1.54, 1.807) is 0 Å². The van der Waals surface area contributed by atoms with Crippen LogP contribution in [0, 0.1) is 17.8 Å². The highest BCUT2D eigenvalue weighted by molar-refractivity contribution is 5.78. The minimum Gasteiger partial charge on any atom is -0.379 e. The maximum Gasteiger partial charge on any atom is 0.223 e. The van der Waals surface area contributed by atoms with E-state index in [9.17, 15) is 4.79 Å². The topological polar surface area (TPSA) is 67.6 Å². The number of carbonyl (C=O) groups is 1. The van der Waals surface area contributed by atoms with Crippen LogP contribution in [0.25, 0.3) is 0 Å². The first-order chi connectivity index (χ1) is 10.2. The zero-order valence-electron chi connectivity index (χ0n) is 12.9. The van der Waals surface area contributed by atoms with Gasteiger partial charge in [-0.1, -0.05) is 6.42 Å². The number of rotatable bonds is 4. The average molecular weight is 295 g/mol. The molecule has 0 spiro atoms. The van der Waals surface area contributed by atoms with Crippen LogP contribution >= 0.6 is 0 Å². The number of morpholine rings is 1. The third kappa shape index (κ3) is 3.76. The molecule has 1 saturated heterocycles. The number of fused-ring (bicyclic) bond motifs is 2. The van der Waals surface area contributed by atoms with E-state index in [1.807, 2.05) is 0 Å². The fourth-order valence-electron chi connectivity index (χ4n) is 4.31. The Morgan fingerprint density at radius 1 is 1.19 bits per heavy atom. The monoisotopic (exact) mass is 295 g/mol. The van der Waals surface area contributed by atoms with Gasteiger partial charge >= 0.3 is 0 Å². The van der Waals surface area contributed by atoms with Crippen molar-refractivity contribution in [1.82, 2.24) is 10.2 Å². The van der Waals surface area contributed by atoms with Gasteiger partial charge in [0.25, 0.3) is 0 Å². The SMILES string of the molecule is NC1C2CCCC1CC(C(=O)NCCN1CCOCC1)C2. The second kappa shape index (κ2) is 7.07. The maximum atomic E-state index is 12.4. The Kier molecular flexibility index (Phi) is 5.14. The van der Waals surface area contributed by atoms with E-state index < -0.39 is 0 Å². The van der Waals surface area contributed by atoms with Gasteiger partial charge in [0, 0.05) is 38.1 Å². The summed E-state index contributed by atoms with van der Waals surface area (Å²) in [6.07, 6.45) is 5.74. The Morgan fingerprint density at radius 2 is 1.86 bits per heavy atom. The molecule has 2 aliphatic carbocycles. The summed E-state index contributed by atoms with van der Waals surface area (Å²) < 4.78 is 5.33. The molecule has 2 atom stereocenters. The van der Waals surface area contributed by atoms with E-state index >= 15 is 0 Å². The van der Waals surface area contributed by atoms with Crippen molar-refractivity contribution in [2.45, 2.75) is 38.1 Å². The molecular weight excluding hydrogens is 266 g/mol. The minimum absolute atomic E-state index is 0.199. The first-order valence-corrected chi connectivity index (χ1v) is 8.57. The van der Waals surface area contributed by atoms with Crippen LogP contribution in [-0.2, 0) is 9.53 Å². The molecule has 5 nitrogen and oxygen atoms in total. The average Bonchev–Trinajstić information content (AvgIpc) is 2.48. The molecule has 5 heteroatoms. The molecule has 2 unspecified atom stereocenters. The number of hydrogen-bond donors (Lipinski definition) is 2. The molecule has 3 rings (SSSR count). The van der Waals surface area contributed by atoms with Crippen molar-refractivity contribution >= 4 is 5.91 Å². The van der Waals surface area contributed by atoms with Crippen LogP contribution in [0.4, 0.5) is 0 Å². The van der Waals surface area contributed by atoms with Crippen molar-refractivity contribution in [3.05, 3.63) is 0 Å². The molecule has 3 N–H and O–H groups in total. The third-order valence-corrected chi connectivity index (χ3v) is 5.61. The lowest BCUT2D eigenvalue weighted by molar-refractivity contribution is -0.128. The zero-order valence-corrected chi connectivity index (χ0v) is 12.9. The van der Waals surface area contributed by atoms with Gasteiger partial charge in [0.15, 0.2) is 0 Å². The Balaban J connectivity index is 1.41. The van der Waals surface area contributed by atoms with Crippen LogP contribution in [0.2, 0.25) is 0 Å². The molecule has 0 aromatic rings. The molecule has 3 fully saturated rings.